The minimum absolute atomic E-state index is 0.0750. The van der Waals surface area contributed by atoms with Crippen LogP contribution in [-0.2, 0) is 14.4 Å². The first-order chi connectivity index (χ1) is 18.2. The normalized spacial score (nSPS) is 14.4. The molecule has 1 aliphatic rings. The van der Waals surface area contributed by atoms with Gasteiger partial charge in [0, 0.05) is 10.7 Å². The zero-order valence-corrected chi connectivity index (χ0v) is 21.7. The van der Waals surface area contributed by atoms with Crippen LogP contribution in [0.15, 0.2) is 66.2 Å². The van der Waals surface area contributed by atoms with Crippen molar-refractivity contribution >= 4 is 64.4 Å². The summed E-state index contributed by atoms with van der Waals surface area (Å²) >= 11 is 12.5. The van der Waals surface area contributed by atoms with Crippen molar-refractivity contribution in [2.75, 3.05) is 23.9 Å². The van der Waals surface area contributed by atoms with Gasteiger partial charge in [0.15, 0.2) is 18.1 Å². The molecule has 9 nitrogen and oxygen atoms in total. The molecule has 3 aromatic carbocycles. The second-order valence-corrected chi connectivity index (χ2v) is 8.97. The highest BCUT2D eigenvalue weighted by molar-refractivity contribution is 6.40. The van der Waals surface area contributed by atoms with Crippen molar-refractivity contribution in [1.29, 1.82) is 0 Å². The standard InChI is InChI=1S/C27H21Cl2N3O6/c1-15-8-9-17(28)13-21(15)32-26(35)19(25(34)31-27(32)36)10-16-11-20(29)24(22(12-16)37-2)38-14-23(33)30-18-6-4-3-5-7-18/h3-13H,14H2,1-2H3,(H,30,33)(H,31,34,36)/b19-10+. The lowest BCUT2D eigenvalue weighted by Crippen LogP contribution is -2.54. The molecule has 194 valence electrons. The molecule has 0 atom stereocenters. The number of imide groups is 2. The van der Waals surface area contributed by atoms with Crippen LogP contribution in [0.5, 0.6) is 11.5 Å². The number of urea groups is 1. The van der Waals surface area contributed by atoms with E-state index in [9.17, 15) is 19.2 Å². The van der Waals surface area contributed by atoms with Gasteiger partial charge in [0.05, 0.1) is 17.8 Å². The van der Waals surface area contributed by atoms with E-state index >= 15 is 0 Å². The van der Waals surface area contributed by atoms with Gasteiger partial charge in [-0.05, 0) is 60.5 Å². The fraction of sp³-hybridized carbons (Fsp3) is 0.111. The van der Waals surface area contributed by atoms with Gasteiger partial charge in [0.25, 0.3) is 17.7 Å². The molecule has 4 rings (SSSR count). The van der Waals surface area contributed by atoms with Gasteiger partial charge < -0.3 is 14.8 Å². The summed E-state index contributed by atoms with van der Waals surface area (Å²) in [5.41, 5.74) is 1.47. The van der Waals surface area contributed by atoms with E-state index in [-0.39, 0.29) is 34.4 Å². The molecule has 0 bridgehead atoms. The van der Waals surface area contributed by atoms with E-state index in [1.54, 1.807) is 43.3 Å². The number of methoxy groups -OCH3 is 1. The predicted octanol–water partition coefficient (Wildman–Crippen LogP) is 4.99. The monoisotopic (exact) mass is 553 g/mol. The molecule has 1 fully saturated rings. The number of carbonyl (C=O) groups excluding carboxylic acids is 4. The Bertz CT molecular complexity index is 1470. The highest BCUT2D eigenvalue weighted by Crippen LogP contribution is 2.37. The molecular formula is C27H21Cl2N3O6. The zero-order valence-electron chi connectivity index (χ0n) is 20.2. The van der Waals surface area contributed by atoms with Gasteiger partial charge in [0.2, 0.25) is 0 Å². The van der Waals surface area contributed by atoms with Crippen LogP contribution in [0.3, 0.4) is 0 Å². The number of nitrogens with one attached hydrogen (secondary N) is 2. The lowest BCUT2D eigenvalue weighted by molar-refractivity contribution is -0.122. The molecule has 0 spiro atoms. The number of para-hydroxylation sites is 1. The molecule has 0 aromatic heterocycles. The first-order valence-corrected chi connectivity index (χ1v) is 12.0. The number of benzene rings is 3. The van der Waals surface area contributed by atoms with Crippen molar-refractivity contribution in [2.24, 2.45) is 0 Å². The van der Waals surface area contributed by atoms with Crippen LogP contribution in [-0.4, -0.2) is 37.5 Å². The Hall–Kier alpha value is -4.34. The second kappa shape index (κ2) is 11.4. The van der Waals surface area contributed by atoms with E-state index in [4.69, 9.17) is 32.7 Å². The molecule has 5 amide bonds. The molecule has 1 saturated heterocycles. The quantitative estimate of drug-likeness (QED) is 0.314. The van der Waals surface area contributed by atoms with Crippen molar-refractivity contribution in [3.05, 3.63) is 87.4 Å². The molecule has 3 aromatic rings. The Morgan fingerprint density at radius 3 is 2.50 bits per heavy atom. The molecule has 0 aliphatic carbocycles. The third kappa shape index (κ3) is 5.80. The van der Waals surface area contributed by atoms with Crippen molar-refractivity contribution in [2.45, 2.75) is 6.92 Å². The number of ether oxygens (including phenoxy) is 2. The van der Waals surface area contributed by atoms with Gasteiger partial charge in [-0.3, -0.25) is 19.7 Å². The summed E-state index contributed by atoms with van der Waals surface area (Å²) in [4.78, 5) is 51.5. The average Bonchev–Trinajstić information content (AvgIpc) is 2.88. The van der Waals surface area contributed by atoms with Crippen LogP contribution < -0.4 is 25.0 Å². The Labute approximate surface area is 227 Å². The van der Waals surface area contributed by atoms with Gasteiger partial charge in [-0.25, -0.2) is 9.69 Å². The first kappa shape index (κ1) is 26.7. The fourth-order valence-electron chi connectivity index (χ4n) is 3.69. The predicted molar refractivity (Wildman–Crippen MR) is 144 cm³/mol. The lowest BCUT2D eigenvalue weighted by Gasteiger charge is -2.27. The number of rotatable bonds is 7. The van der Waals surface area contributed by atoms with Crippen LogP contribution in [0.2, 0.25) is 10.0 Å². The summed E-state index contributed by atoms with van der Waals surface area (Å²) in [6.45, 7) is 1.36. The Balaban J connectivity index is 1.59. The van der Waals surface area contributed by atoms with Gasteiger partial charge in [-0.1, -0.05) is 47.5 Å². The van der Waals surface area contributed by atoms with Crippen LogP contribution in [0.25, 0.3) is 6.08 Å². The summed E-state index contributed by atoms with van der Waals surface area (Å²) in [5.74, 6) is -1.85. The minimum atomic E-state index is -0.893. The lowest BCUT2D eigenvalue weighted by atomic mass is 10.1. The van der Waals surface area contributed by atoms with Crippen molar-refractivity contribution in [3.8, 4) is 11.5 Å². The third-order valence-corrected chi connectivity index (χ3v) is 6.00. The van der Waals surface area contributed by atoms with Crippen molar-refractivity contribution in [1.82, 2.24) is 5.32 Å². The van der Waals surface area contributed by atoms with Gasteiger partial charge in [-0.15, -0.1) is 0 Å². The Morgan fingerprint density at radius 2 is 1.79 bits per heavy atom. The molecule has 0 unspecified atom stereocenters. The average molecular weight is 554 g/mol. The van der Waals surface area contributed by atoms with Gasteiger partial charge in [0.1, 0.15) is 5.57 Å². The van der Waals surface area contributed by atoms with E-state index in [1.807, 2.05) is 6.07 Å². The molecule has 0 saturated carbocycles. The van der Waals surface area contributed by atoms with E-state index < -0.39 is 23.8 Å². The molecular weight excluding hydrogens is 533 g/mol. The molecule has 0 radical (unpaired) electrons. The van der Waals surface area contributed by atoms with Crippen LogP contribution in [0.1, 0.15) is 11.1 Å². The summed E-state index contributed by atoms with van der Waals surface area (Å²) < 4.78 is 11.0. The van der Waals surface area contributed by atoms with Crippen LogP contribution in [0.4, 0.5) is 16.2 Å². The van der Waals surface area contributed by atoms with Crippen molar-refractivity contribution < 1.29 is 28.7 Å². The highest BCUT2D eigenvalue weighted by atomic mass is 35.5. The number of halogens is 2. The topological polar surface area (TPSA) is 114 Å². The maximum atomic E-state index is 13.2. The number of hydrogen-bond donors (Lipinski definition) is 2. The third-order valence-electron chi connectivity index (χ3n) is 5.48. The summed E-state index contributed by atoms with van der Waals surface area (Å²) in [5, 5.41) is 5.25. The summed E-state index contributed by atoms with van der Waals surface area (Å²) in [6, 6.07) is 15.6. The number of amides is 5. The maximum Gasteiger partial charge on any atom is 0.335 e. The fourth-order valence-corrected chi connectivity index (χ4v) is 4.13. The summed E-state index contributed by atoms with van der Waals surface area (Å²) in [7, 11) is 1.38. The molecule has 1 aliphatic heterocycles. The van der Waals surface area contributed by atoms with Crippen LogP contribution >= 0.6 is 23.2 Å². The molecule has 11 heteroatoms. The maximum absolute atomic E-state index is 13.2. The molecule has 1 heterocycles. The first-order valence-electron chi connectivity index (χ1n) is 11.2. The minimum Gasteiger partial charge on any atom is -0.493 e. The van der Waals surface area contributed by atoms with Gasteiger partial charge in [-0.2, -0.15) is 0 Å². The SMILES string of the molecule is COc1cc(/C=C2\C(=O)NC(=O)N(c3cc(Cl)ccc3C)C2=O)cc(Cl)c1OCC(=O)Nc1ccccc1. The number of nitrogens with zero attached hydrogens (tertiary/aromatic N) is 1. The smallest absolute Gasteiger partial charge is 0.335 e. The van der Waals surface area contributed by atoms with E-state index in [2.05, 4.69) is 10.6 Å². The number of carbonyl (C=O) groups is 4. The highest BCUT2D eigenvalue weighted by Gasteiger charge is 2.37. The Morgan fingerprint density at radius 1 is 1.05 bits per heavy atom. The second-order valence-electron chi connectivity index (χ2n) is 8.13. The Kier molecular flexibility index (Phi) is 7.99. The summed E-state index contributed by atoms with van der Waals surface area (Å²) in [6.07, 6.45) is 1.28. The van der Waals surface area contributed by atoms with Gasteiger partial charge >= 0.3 is 6.03 Å². The molecule has 2 N–H and O–H groups in total. The van der Waals surface area contributed by atoms with E-state index in [0.717, 1.165) is 4.90 Å². The molecule has 38 heavy (non-hydrogen) atoms. The number of barbiturate groups is 1. The number of hydrogen-bond acceptors (Lipinski definition) is 6. The van der Waals surface area contributed by atoms with Crippen molar-refractivity contribution in [3.63, 3.8) is 0 Å². The largest absolute Gasteiger partial charge is 0.493 e. The number of aryl methyl sites for hydroxylation is 1. The van der Waals surface area contributed by atoms with E-state index in [1.165, 1.54) is 31.4 Å². The van der Waals surface area contributed by atoms with E-state index in [0.29, 0.717) is 21.8 Å². The van der Waals surface area contributed by atoms with Crippen LogP contribution in [0, 0.1) is 6.92 Å². The zero-order chi connectivity index (χ0) is 27.4. The number of anilines is 2.